The largest absolute Gasteiger partial charge is 0.369 e. The van der Waals surface area contributed by atoms with Gasteiger partial charge >= 0.3 is 0 Å². The number of nitrogens with two attached hydrogens (primary N) is 1. The number of primary amides is 1. The van der Waals surface area contributed by atoms with Crippen molar-refractivity contribution >= 4 is 12.2 Å². The van der Waals surface area contributed by atoms with E-state index in [0.29, 0.717) is 0 Å². The summed E-state index contributed by atoms with van der Waals surface area (Å²) in [5.41, 5.74) is 5.36. The number of rotatable bonds is 4. The van der Waals surface area contributed by atoms with Crippen molar-refractivity contribution in [1.29, 1.82) is 0 Å². The maximum Gasteiger partial charge on any atom is 0.222 e. The van der Waals surface area contributed by atoms with Crippen molar-refractivity contribution in [2.24, 2.45) is 23.5 Å². The zero-order valence-electron chi connectivity index (χ0n) is 9.64. The molecule has 1 aliphatic heterocycles. The molecule has 0 bridgehead atoms. The Bertz CT molecular complexity index is 253. The third kappa shape index (κ3) is 2.37. The molecule has 1 amide bonds. The van der Waals surface area contributed by atoms with Gasteiger partial charge in [0.15, 0.2) is 0 Å². The van der Waals surface area contributed by atoms with E-state index in [-0.39, 0.29) is 29.7 Å². The van der Waals surface area contributed by atoms with Gasteiger partial charge < -0.3 is 15.4 Å². The number of nitrogens with zero attached hydrogens (tertiary/aromatic N) is 1. The molecule has 3 unspecified atom stereocenters. The standard InChI is InChI=1S/C11H20N2O2/c1-7(2)9(6-14)10-8(11(12)15)4-5-13(10)3/h6-10H,4-5H2,1-3H3,(H2,12,15). The molecule has 2 N–H and O–H groups in total. The molecule has 4 nitrogen and oxygen atoms in total. The second kappa shape index (κ2) is 4.75. The van der Waals surface area contributed by atoms with Crippen LogP contribution < -0.4 is 5.73 Å². The predicted molar refractivity (Wildman–Crippen MR) is 58.1 cm³/mol. The summed E-state index contributed by atoms with van der Waals surface area (Å²) in [6.45, 7) is 4.85. The maximum atomic E-state index is 11.3. The molecule has 1 heterocycles. The number of hydrogen-bond donors (Lipinski definition) is 1. The molecule has 0 spiro atoms. The Balaban J connectivity index is 2.87. The zero-order valence-corrected chi connectivity index (χ0v) is 9.64. The Morgan fingerprint density at radius 1 is 1.53 bits per heavy atom. The molecule has 1 aliphatic rings. The van der Waals surface area contributed by atoms with Gasteiger partial charge in [-0.15, -0.1) is 0 Å². The fourth-order valence-corrected chi connectivity index (χ4v) is 2.47. The predicted octanol–water partition coefficient (Wildman–Crippen LogP) is 0.263. The van der Waals surface area contributed by atoms with Gasteiger partial charge in [-0.1, -0.05) is 13.8 Å². The van der Waals surface area contributed by atoms with E-state index in [0.717, 1.165) is 19.3 Å². The van der Waals surface area contributed by atoms with Crippen LogP contribution in [-0.2, 0) is 9.59 Å². The summed E-state index contributed by atoms with van der Waals surface area (Å²) in [5.74, 6) is -0.311. The van der Waals surface area contributed by atoms with Gasteiger partial charge in [0, 0.05) is 12.0 Å². The van der Waals surface area contributed by atoms with Crippen molar-refractivity contribution in [3.8, 4) is 0 Å². The topological polar surface area (TPSA) is 63.4 Å². The van der Waals surface area contributed by atoms with E-state index in [2.05, 4.69) is 4.90 Å². The van der Waals surface area contributed by atoms with E-state index in [4.69, 9.17) is 5.73 Å². The van der Waals surface area contributed by atoms with Crippen molar-refractivity contribution < 1.29 is 9.59 Å². The molecular weight excluding hydrogens is 192 g/mol. The Morgan fingerprint density at radius 2 is 2.13 bits per heavy atom. The van der Waals surface area contributed by atoms with Crippen molar-refractivity contribution in [2.75, 3.05) is 13.6 Å². The lowest BCUT2D eigenvalue weighted by Gasteiger charge is -2.30. The summed E-state index contributed by atoms with van der Waals surface area (Å²) in [7, 11) is 1.95. The van der Waals surface area contributed by atoms with Gasteiger partial charge in [0.05, 0.1) is 5.92 Å². The fourth-order valence-electron chi connectivity index (χ4n) is 2.47. The first-order chi connectivity index (χ1) is 6.99. The summed E-state index contributed by atoms with van der Waals surface area (Å²) in [4.78, 5) is 24.4. The monoisotopic (exact) mass is 212 g/mol. The third-order valence-corrected chi connectivity index (χ3v) is 3.40. The molecule has 0 aromatic carbocycles. The first kappa shape index (κ1) is 12.2. The van der Waals surface area contributed by atoms with Gasteiger partial charge in [-0.2, -0.15) is 0 Å². The number of hydrogen-bond acceptors (Lipinski definition) is 3. The first-order valence-electron chi connectivity index (χ1n) is 5.44. The summed E-state index contributed by atoms with van der Waals surface area (Å²) in [5, 5.41) is 0. The SMILES string of the molecule is CC(C)C(C=O)C1C(C(N)=O)CCN1C. The van der Waals surface area contributed by atoms with Gasteiger partial charge in [-0.05, 0) is 25.9 Å². The van der Waals surface area contributed by atoms with E-state index in [1.807, 2.05) is 20.9 Å². The molecule has 1 rings (SSSR count). The van der Waals surface area contributed by atoms with Crippen LogP contribution >= 0.6 is 0 Å². The lowest BCUT2D eigenvalue weighted by atomic mass is 9.82. The third-order valence-electron chi connectivity index (χ3n) is 3.40. The highest BCUT2D eigenvalue weighted by atomic mass is 16.1. The average molecular weight is 212 g/mol. The van der Waals surface area contributed by atoms with E-state index < -0.39 is 0 Å². The smallest absolute Gasteiger partial charge is 0.222 e. The van der Waals surface area contributed by atoms with Gasteiger partial charge in [-0.25, -0.2) is 0 Å². The molecule has 0 aromatic heterocycles. The van der Waals surface area contributed by atoms with Crippen molar-refractivity contribution in [2.45, 2.75) is 26.3 Å². The van der Waals surface area contributed by atoms with Crippen LogP contribution in [0, 0.1) is 17.8 Å². The number of likely N-dealkylation sites (tertiary alicyclic amines) is 1. The number of aldehydes is 1. The van der Waals surface area contributed by atoms with Crippen molar-refractivity contribution in [3.05, 3.63) is 0 Å². The Kier molecular flexibility index (Phi) is 3.85. The van der Waals surface area contributed by atoms with Gasteiger partial charge in [-0.3, -0.25) is 4.79 Å². The average Bonchev–Trinajstić information content (AvgIpc) is 2.49. The van der Waals surface area contributed by atoms with Gasteiger partial charge in [0.2, 0.25) is 5.91 Å². The lowest BCUT2D eigenvalue weighted by molar-refractivity contribution is -0.124. The number of carbonyl (C=O) groups is 2. The quantitative estimate of drug-likeness (QED) is 0.680. The normalized spacial score (nSPS) is 29.3. The van der Waals surface area contributed by atoms with E-state index in [9.17, 15) is 9.59 Å². The van der Waals surface area contributed by atoms with E-state index >= 15 is 0 Å². The summed E-state index contributed by atoms with van der Waals surface area (Å²) in [6.07, 6.45) is 1.74. The first-order valence-corrected chi connectivity index (χ1v) is 5.44. The lowest BCUT2D eigenvalue weighted by Crippen LogP contribution is -2.44. The van der Waals surface area contributed by atoms with Crippen molar-refractivity contribution in [1.82, 2.24) is 4.90 Å². The summed E-state index contributed by atoms with van der Waals surface area (Å²) in [6, 6.07) is -0.0139. The van der Waals surface area contributed by atoms with Crippen LogP contribution in [0.3, 0.4) is 0 Å². The molecule has 0 aromatic rings. The minimum absolute atomic E-state index is 0.0139. The molecule has 3 atom stereocenters. The number of amides is 1. The molecule has 0 aliphatic carbocycles. The summed E-state index contributed by atoms with van der Waals surface area (Å²) >= 11 is 0. The number of carbonyl (C=O) groups excluding carboxylic acids is 2. The van der Waals surface area contributed by atoms with Crippen LogP contribution in [0.2, 0.25) is 0 Å². The van der Waals surface area contributed by atoms with Gasteiger partial charge in [0.1, 0.15) is 6.29 Å². The Morgan fingerprint density at radius 3 is 2.53 bits per heavy atom. The fraction of sp³-hybridized carbons (Fsp3) is 0.818. The molecule has 15 heavy (non-hydrogen) atoms. The Hall–Kier alpha value is -0.900. The second-order valence-electron chi connectivity index (χ2n) is 4.73. The van der Waals surface area contributed by atoms with E-state index in [1.54, 1.807) is 0 Å². The minimum atomic E-state index is -0.281. The second-order valence-corrected chi connectivity index (χ2v) is 4.73. The van der Waals surface area contributed by atoms with Crippen molar-refractivity contribution in [3.63, 3.8) is 0 Å². The Labute approximate surface area is 90.8 Å². The maximum absolute atomic E-state index is 11.3. The molecule has 0 saturated carbocycles. The van der Waals surface area contributed by atoms with Crippen LogP contribution in [0.4, 0.5) is 0 Å². The highest BCUT2D eigenvalue weighted by Gasteiger charge is 2.41. The molecular formula is C11H20N2O2. The van der Waals surface area contributed by atoms with Crippen LogP contribution in [0.25, 0.3) is 0 Å². The van der Waals surface area contributed by atoms with Crippen LogP contribution in [0.15, 0.2) is 0 Å². The molecule has 1 saturated heterocycles. The molecule has 86 valence electrons. The highest BCUT2D eigenvalue weighted by molar-refractivity contribution is 5.78. The highest BCUT2D eigenvalue weighted by Crippen LogP contribution is 2.31. The zero-order chi connectivity index (χ0) is 11.6. The molecule has 4 heteroatoms. The minimum Gasteiger partial charge on any atom is -0.369 e. The summed E-state index contributed by atoms with van der Waals surface area (Å²) < 4.78 is 0. The van der Waals surface area contributed by atoms with Crippen LogP contribution in [0.5, 0.6) is 0 Å². The van der Waals surface area contributed by atoms with Gasteiger partial charge in [0.25, 0.3) is 0 Å². The molecule has 1 fully saturated rings. The molecule has 0 radical (unpaired) electrons. The van der Waals surface area contributed by atoms with E-state index in [1.165, 1.54) is 0 Å². The van der Waals surface area contributed by atoms with Crippen LogP contribution in [-0.4, -0.2) is 36.7 Å². The van der Waals surface area contributed by atoms with Crippen LogP contribution in [0.1, 0.15) is 20.3 Å².